The molecule has 0 spiro atoms. The summed E-state index contributed by atoms with van der Waals surface area (Å²) in [6, 6.07) is 0. The maximum atomic E-state index is 4.16. The van der Waals surface area contributed by atoms with Crippen LogP contribution in [0, 0.1) is 0 Å². The molecule has 2 rings (SSSR count). The predicted molar refractivity (Wildman–Crippen MR) is 50.6 cm³/mol. The summed E-state index contributed by atoms with van der Waals surface area (Å²) in [5.74, 6) is 0.827. The summed E-state index contributed by atoms with van der Waals surface area (Å²) in [5, 5.41) is 1.82. The van der Waals surface area contributed by atoms with Gasteiger partial charge in [0.15, 0.2) is 10.5 Å². The van der Waals surface area contributed by atoms with Gasteiger partial charge < -0.3 is 0 Å². The Morgan fingerprint density at radius 3 is 3.18 bits per heavy atom. The lowest BCUT2D eigenvalue weighted by molar-refractivity contribution is 0.453. The molecular weight excluding hydrogens is 276 g/mol. The Kier molecular flexibility index (Phi) is 1.82. The second kappa shape index (κ2) is 2.69. The number of nitrogens with one attached hydrogen (secondary N) is 1. The first-order chi connectivity index (χ1) is 5.27. The lowest BCUT2D eigenvalue weighted by Gasteiger charge is -2.17. The van der Waals surface area contributed by atoms with E-state index in [1.807, 2.05) is 11.2 Å². The van der Waals surface area contributed by atoms with E-state index < -0.39 is 0 Å². The first-order valence-corrected chi connectivity index (χ1v) is 4.55. The van der Waals surface area contributed by atoms with Gasteiger partial charge in [-0.2, -0.15) is 0 Å². The Labute approximate surface area is 80.3 Å². The smallest absolute Gasteiger partial charge is 0.177 e. The fraction of sp³-hybridized carbons (Fsp3) is 0.200. The van der Waals surface area contributed by atoms with Crippen LogP contribution in [0.1, 0.15) is 0 Å². The minimum Gasteiger partial charge on any atom is -0.261 e. The number of amidine groups is 1. The van der Waals surface area contributed by atoms with Crippen molar-refractivity contribution in [3.63, 3.8) is 0 Å². The highest BCUT2D eigenvalue weighted by molar-refractivity contribution is 9.19. The van der Waals surface area contributed by atoms with Gasteiger partial charge >= 0.3 is 0 Å². The van der Waals surface area contributed by atoms with Gasteiger partial charge in [-0.15, -0.1) is 0 Å². The molecule has 0 bridgehead atoms. The third kappa shape index (κ3) is 1.25. The topological polar surface area (TPSA) is 40.0 Å². The summed E-state index contributed by atoms with van der Waals surface area (Å²) in [5.41, 5.74) is 3.03. The van der Waals surface area contributed by atoms with Gasteiger partial charge in [0, 0.05) is 0 Å². The molecule has 0 radical (unpaired) electrons. The summed E-state index contributed by atoms with van der Waals surface area (Å²) < 4.78 is 1.52. The van der Waals surface area contributed by atoms with Crippen molar-refractivity contribution in [3.05, 3.63) is 10.8 Å². The maximum Gasteiger partial charge on any atom is 0.177 e. The second-order valence-corrected chi connectivity index (χ2v) is 3.59. The molecule has 0 fully saturated rings. The van der Waals surface area contributed by atoms with Gasteiger partial charge in [0.2, 0.25) is 0 Å². The molecule has 0 saturated carbocycles. The Balaban J connectivity index is 2.40. The largest absolute Gasteiger partial charge is 0.261 e. The molecule has 0 aromatic heterocycles. The van der Waals surface area contributed by atoms with Gasteiger partial charge in [-0.25, -0.2) is 15.4 Å². The van der Waals surface area contributed by atoms with Crippen LogP contribution in [0.4, 0.5) is 0 Å². The average molecular weight is 280 g/mol. The van der Waals surface area contributed by atoms with Crippen LogP contribution in [0.2, 0.25) is 0 Å². The zero-order chi connectivity index (χ0) is 7.84. The fourth-order valence-electron chi connectivity index (χ4n) is 0.888. The molecular formula is C5H4Br2N4. The Bertz CT molecular complexity index is 280. The van der Waals surface area contributed by atoms with Crippen LogP contribution in [0.5, 0.6) is 0 Å². The Morgan fingerprint density at radius 1 is 1.55 bits per heavy atom. The Morgan fingerprint density at radius 2 is 2.36 bits per heavy atom. The molecule has 2 aliphatic heterocycles. The van der Waals surface area contributed by atoms with Crippen LogP contribution in [0.3, 0.4) is 0 Å². The highest BCUT2D eigenvalue weighted by atomic mass is 79.9. The molecule has 2 aliphatic rings. The first-order valence-electron chi connectivity index (χ1n) is 2.96. The van der Waals surface area contributed by atoms with Crippen molar-refractivity contribution >= 4 is 42.3 Å². The number of fused-ring (bicyclic) bond motifs is 1. The molecule has 2 heterocycles. The van der Waals surface area contributed by atoms with Gasteiger partial charge in [-0.1, -0.05) is 0 Å². The number of hydrogen-bond donors (Lipinski definition) is 1. The summed E-state index contributed by atoms with van der Waals surface area (Å²) in [6.45, 7) is 0.608. The number of hydrazine groups is 1. The van der Waals surface area contributed by atoms with Gasteiger partial charge in [0.1, 0.15) is 11.3 Å². The standard InChI is InChI=1S/C5H4Br2N4/c6-3-1-11-5(4(7)10-3)8-2-9-11/h1,9H,2H2. The lowest BCUT2D eigenvalue weighted by atomic mass is 10.5. The summed E-state index contributed by atoms with van der Waals surface area (Å²) in [7, 11) is 0. The van der Waals surface area contributed by atoms with E-state index in [1.54, 1.807) is 0 Å². The van der Waals surface area contributed by atoms with E-state index in [-0.39, 0.29) is 0 Å². The van der Waals surface area contributed by atoms with Gasteiger partial charge in [-0.05, 0) is 31.9 Å². The molecule has 6 heteroatoms. The molecule has 0 atom stereocenters. The minimum atomic E-state index is 0.608. The van der Waals surface area contributed by atoms with Crippen LogP contribution in [-0.4, -0.2) is 22.1 Å². The van der Waals surface area contributed by atoms with Crippen LogP contribution in [0.15, 0.2) is 20.8 Å². The van der Waals surface area contributed by atoms with Gasteiger partial charge in [-0.3, -0.25) is 5.01 Å². The highest BCUT2D eigenvalue weighted by Crippen LogP contribution is 2.18. The van der Waals surface area contributed by atoms with E-state index in [4.69, 9.17) is 0 Å². The van der Waals surface area contributed by atoms with Crippen LogP contribution < -0.4 is 5.43 Å². The average Bonchev–Trinajstić information content (AvgIpc) is 2.34. The van der Waals surface area contributed by atoms with Crippen molar-refractivity contribution in [1.29, 1.82) is 0 Å². The molecule has 58 valence electrons. The third-order valence-corrected chi connectivity index (χ3v) is 2.24. The molecule has 0 aliphatic carbocycles. The van der Waals surface area contributed by atoms with Gasteiger partial charge in [0.05, 0.1) is 6.20 Å². The normalized spacial score (nSPS) is 22.4. The molecule has 0 aromatic rings. The molecule has 0 aromatic carbocycles. The van der Waals surface area contributed by atoms with E-state index >= 15 is 0 Å². The van der Waals surface area contributed by atoms with E-state index in [0.29, 0.717) is 6.67 Å². The third-order valence-electron chi connectivity index (χ3n) is 1.32. The maximum absolute atomic E-state index is 4.16. The van der Waals surface area contributed by atoms with E-state index in [1.165, 1.54) is 0 Å². The lowest BCUT2D eigenvalue weighted by Crippen LogP contribution is -2.36. The quantitative estimate of drug-likeness (QED) is 0.676. The summed E-state index contributed by atoms with van der Waals surface area (Å²) in [6.07, 6.45) is 1.83. The fourth-order valence-corrected chi connectivity index (χ4v) is 2.02. The number of rotatable bonds is 0. The van der Waals surface area contributed by atoms with Crippen molar-refractivity contribution in [2.45, 2.75) is 0 Å². The zero-order valence-corrected chi connectivity index (χ0v) is 8.55. The number of nitrogens with zero attached hydrogens (tertiary/aromatic N) is 3. The van der Waals surface area contributed by atoms with Crippen molar-refractivity contribution < 1.29 is 0 Å². The SMILES string of the molecule is BrC1=CN2NCN=C2C(Br)=N1. The molecule has 0 unspecified atom stereocenters. The molecule has 0 saturated heterocycles. The molecule has 4 nitrogen and oxygen atoms in total. The van der Waals surface area contributed by atoms with E-state index in [2.05, 4.69) is 47.3 Å². The van der Waals surface area contributed by atoms with Crippen LogP contribution >= 0.6 is 31.9 Å². The van der Waals surface area contributed by atoms with Gasteiger partial charge in [0.25, 0.3) is 0 Å². The number of halogens is 2. The minimum absolute atomic E-state index is 0.608. The first kappa shape index (κ1) is 7.45. The predicted octanol–water partition coefficient (Wildman–Crippen LogP) is 1.16. The highest BCUT2D eigenvalue weighted by Gasteiger charge is 2.22. The Hall–Kier alpha value is -0.200. The zero-order valence-electron chi connectivity index (χ0n) is 5.38. The summed E-state index contributed by atoms with van der Waals surface area (Å²) >= 11 is 6.57. The molecule has 1 N–H and O–H groups in total. The van der Waals surface area contributed by atoms with Crippen LogP contribution in [-0.2, 0) is 0 Å². The van der Waals surface area contributed by atoms with E-state index in [0.717, 1.165) is 15.1 Å². The molecule has 11 heavy (non-hydrogen) atoms. The van der Waals surface area contributed by atoms with Crippen molar-refractivity contribution in [2.24, 2.45) is 9.98 Å². The molecule has 0 amide bonds. The van der Waals surface area contributed by atoms with Crippen molar-refractivity contribution in [3.8, 4) is 0 Å². The van der Waals surface area contributed by atoms with Crippen molar-refractivity contribution in [1.82, 2.24) is 10.4 Å². The second-order valence-electron chi connectivity index (χ2n) is 2.02. The van der Waals surface area contributed by atoms with Crippen molar-refractivity contribution in [2.75, 3.05) is 6.67 Å². The monoisotopic (exact) mass is 278 g/mol. The number of hydrogen-bond acceptors (Lipinski definition) is 4. The summed E-state index contributed by atoms with van der Waals surface area (Å²) in [4.78, 5) is 8.29. The van der Waals surface area contributed by atoms with E-state index in [9.17, 15) is 0 Å². The van der Waals surface area contributed by atoms with Crippen LogP contribution in [0.25, 0.3) is 0 Å². The number of aliphatic imine (C=N–C) groups is 2.